The molecule has 2 heterocycles. The van der Waals surface area contributed by atoms with Crippen molar-refractivity contribution in [1.29, 1.82) is 0 Å². The van der Waals surface area contributed by atoms with Gasteiger partial charge in [-0.1, -0.05) is 25.5 Å². The van der Waals surface area contributed by atoms with E-state index in [4.69, 9.17) is 5.73 Å². The Labute approximate surface area is 153 Å². The lowest BCUT2D eigenvalue weighted by molar-refractivity contribution is 0.190. The van der Waals surface area contributed by atoms with Crippen LogP contribution in [0.3, 0.4) is 0 Å². The number of benzene rings is 1. The number of nitrogen functional groups attached to an aromatic ring is 1. The molecule has 0 atom stereocenters. The molecule has 0 aliphatic heterocycles. The van der Waals surface area contributed by atoms with Crippen LogP contribution < -0.4 is 5.73 Å². The molecule has 0 bridgehead atoms. The largest absolute Gasteiger partial charge is 0.383 e. The van der Waals surface area contributed by atoms with Gasteiger partial charge in [-0.05, 0) is 72.9 Å². The predicted octanol–water partition coefficient (Wildman–Crippen LogP) is 4.50. The number of nitrogens with one attached hydrogen (secondary N) is 1. The number of allylic oxidation sites excluding steroid dienone is 1. The minimum Gasteiger partial charge on any atom is -0.383 e. The molecule has 0 saturated heterocycles. The molecule has 0 unspecified atom stereocenters. The highest BCUT2D eigenvalue weighted by Crippen LogP contribution is 2.40. The van der Waals surface area contributed by atoms with Crippen molar-refractivity contribution in [3.8, 4) is 0 Å². The summed E-state index contributed by atoms with van der Waals surface area (Å²) in [5, 5.41) is 11.1. The molecule has 3 N–H and O–H groups in total. The first-order chi connectivity index (χ1) is 12.7. The van der Waals surface area contributed by atoms with Crippen molar-refractivity contribution in [2.24, 2.45) is 11.8 Å². The van der Waals surface area contributed by atoms with E-state index in [1.807, 2.05) is 12.1 Å². The van der Waals surface area contributed by atoms with Crippen LogP contribution in [0.15, 0.2) is 36.5 Å². The fraction of sp³-hybridized carbons (Fsp3) is 0.381. The lowest BCUT2D eigenvalue weighted by Gasteiger charge is -2.34. The molecule has 3 aromatic rings. The van der Waals surface area contributed by atoms with E-state index in [9.17, 15) is 0 Å². The first-order valence-corrected chi connectivity index (χ1v) is 9.38. The highest BCUT2D eigenvalue weighted by molar-refractivity contribution is 5.89. The summed E-state index contributed by atoms with van der Waals surface area (Å²) in [6.07, 6.45) is 9.16. The van der Waals surface area contributed by atoms with Crippen molar-refractivity contribution in [2.45, 2.75) is 39.5 Å². The van der Waals surface area contributed by atoms with Crippen LogP contribution in [-0.2, 0) is 0 Å². The average molecular weight is 347 g/mol. The highest BCUT2D eigenvalue weighted by atomic mass is 15.3. The van der Waals surface area contributed by atoms with Gasteiger partial charge in [-0.3, -0.25) is 0 Å². The van der Waals surface area contributed by atoms with Gasteiger partial charge >= 0.3 is 0 Å². The van der Waals surface area contributed by atoms with Gasteiger partial charge in [0.15, 0.2) is 0 Å². The zero-order valence-corrected chi connectivity index (χ0v) is 15.4. The molecular weight excluding hydrogens is 322 g/mol. The van der Waals surface area contributed by atoms with Crippen molar-refractivity contribution in [3.05, 3.63) is 53.2 Å². The van der Waals surface area contributed by atoms with Gasteiger partial charge in [-0.15, -0.1) is 0 Å². The zero-order chi connectivity index (χ0) is 18.1. The molecule has 0 spiro atoms. The highest BCUT2D eigenvalue weighted by Gasteiger charge is 2.26. The molecule has 134 valence electrons. The Morgan fingerprint density at radius 2 is 2.00 bits per heavy atom. The summed E-state index contributed by atoms with van der Waals surface area (Å²) in [6.45, 7) is 4.38. The quantitative estimate of drug-likeness (QED) is 0.712. The molecule has 1 saturated carbocycles. The monoisotopic (exact) mass is 347 g/mol. The maximum absolute atomic E-state index is 6.26. The topological polar surface area (TPSA) is 80.5 Å². The van der Waals surface area contributed by atoms with E-state index in [1.54, 1.807) is 6.20 Å². The number of anilines is 1. The Hall–Kier alpha value is -2.69. The number of aromatic amines is 1. The van der Waals surface area contributed by atoms with E-state index < -0.39 is 0 Å². The number of pyridine rings is 1. The lowest BCUT2D eigenvalue weighted by Crippen LogP contribution is -2.22. The van der Waals surface area contributed by atoms with Crippen molar-refractivity contribution >= 4 is 22.4 Å². The second-order valence-corrected chi connectivity index (χ2v) is 7.38. The standard InChI is InChI=1S/C21H25N5/c1-3-14-10-15(11-14)4-6-17(20-13(2)8-9-23-21(20)22)16-5-7-18-19(12-16)25-26-24-18/h5-9,12,14-15H,3-4,10-11H2,1-2H3,(H2,22,23)(H,24,25,26)/b17-6-. The molecule has 26 heavy (non-hydrogen) atoms. The van der Waals surface area contributed by atoms with E-state index in [-0.39, 0.29) is 0 Å². The first kappa shape index (κ1) is 16.8. The fourth-order valence-electron chi connectivity index (χ4n) is 3.99. The normalized spacial score (nSPS) is 20.3. The molecule has 1 aliphatic carbocycles. The van der Waals surface area contributed by atoms with Gasteiger partial charge in [0.2, 0.25) is 0 Å². The molecule has 4 rings (SSSR count). The van der Waals surface area contributed by atoms with E-state index in [0.29, 0.717) is 5.82 Å². The fourth-order valence-corrected chi connectivity index (χ4v) is 3.99. The molecule has 1 fully saturated rings. The Kier molecular flexibility index (Phi) is 4.45. The van der Waals surface area contributed by atoms with Crippen LogP contribution in [0.1, 0.15) is 49.3 Å². The predicted molar refractivity (Wildman–Crippen MR) is 105 cm³/mol. The molecule has 1 aromatic carbocycles. The minimum atomic E-state index is 0.580. The molecule has 5 heteroatoms. The number of aromatic nitrogens is 4. The number of fused-ring (bicyclic) bond motifs is 1. The van der Waals surface area contributed by atoms with Gasteiger partial charge in [0, 0.05) is 11.8 Å². The number of aryl methyl sites for hydroxylation is 1. The van der Waals surface area contributed by atoms with Crippen LogP contribution in [-0.4, -0.2) is 20.4 Å². The van der Waals surface area contributed by atoms with Gasteiger partial charge in [0.25, 0.3) is 0 Å². The van der Waals surface area contributed by atoms with Crippen LogP contribution in [0.4, 0.5) is 5.82 Å². The van der Waals surface area contributed by atoms with Crippen LogP contribution >= 0.6 is 0 Å². The molecular formula is C21H25N5. The SMILES string of the molecule is CCC1CC(C/C=C(/c2ccc3n[nH]nc3c2)c2c(C)ccnc2N)C1. The molecule has 2 aromatic heterocycles. The number of H-pyrrole nitrogens is 1. The van der Waals surface area contributed by atoms with Crippen molar-refractivity contribution < 1.29 is 0 Å². The van der Waals surface area contributed by atoms with E-state index >= 15 is 0 Å². The Bertz CT molecular complexity index is 930. The van der Waals surface area contributed by atoms with Gasteiger partial charge in [0.1, 0.15) is 16.9 Å². The Balaban J connectivity index is 1.73. The maximum atomic E-state index is 6.26. The average Bonchev–Trinajstić information content (AvgIpc) is 3.06. The van der Waals surface area contributed by atoms with E-state index in [1.165, 1.54) is 19.3 Å². The summed E-state index contributed by atoms with van der Waals surface area (Å²) in [4.78, 5) is 4.33. The van der Waals surface area contributed by atoms with Gasteiger partial charge in [-0.25, -0.2) is 4.98 Å². The molecule has 5 nitrogen and oxygen atoms in total. The maximum Gasteiger partial charge on any atom is 0.131 e. The third-order valence-electron chi connectivity index (χ3n) is 5.65. The molecule has 0 radical (unpaired) electrons. The summed E-state index contributed by atoms with van der Waals surface area (Å²) in [6, 6.07) is 8.19. The second-order valence-electron chi connectivity index (χ2n) is 7.38. The van der Waals surface area contributed by atoms with Crippen LogP contribution in [0.25, 0.3) is 16.6 Å². The summed E-state index contributed by atoms with van der Waals surface area (Å²) < 4.78 is 0. The molecule has 0 amide bonds. The van der Waals surface area contributed by atoms with Gasteiger partial charge < -0.3 is 5.73 Å². The van der Waals surface area contributed by atoms with Crippen molar-refractivity contribution in [3.63, 3.8) is 0 Å². The van der Waals surface area contributed by atoms with Gasteiger partial charge in [0.05, 0.1) is 0 Å². The van der Waals surface area contributed by atoms with Crippen LogP contribution in [0.2, 0.25) is 0 Å². The Morgan fingerprint density at radius 1 is 1.19 bits per heavy atom. The number of nitrogens with two attached hydrogens (primary N) is 1. The zero-order valence-electron chi connectivity index (χ0n) is 15.4. The second kappa shape index (κ2) is 6.90. The number of hydrogen-bond donors (Lipinski definition) is 2. The summed E-state index contributed by atoms with van der Waals surface area (Å²) in [5.74, 6) is 2.27. The lowest BCUT2D eigenvalue weighted by atomic mass is 9.72. The number of rotatable bonds is 5. The third kappa shape index (κ3) is 3.09. The van der Waals surface area contributed by atoms with Crippen molar-refractivity contribution in [1.82, 2.24) is 20.4 Å². The summed E-state index contributed by atoms with van der Waals surface area (Å²) in [5.41, 5.74) is 12.4. The van der Waals surface area contributed by atoms with E-state index in [0.717, 1.165) is 51.6 Å². The molecule has 1 aliphatic rings. The van der Waals surface area contributed by atoms with E-state index in [2.05, 4.69) is 52.5 Å². The minimum absolute atomic E-state index is 0.580. The number of hydrogen-bond acceptors (Lipinski definition) is 4. The van der Waals surface area contributed by atoms with Crippen molar-refractivity contribution in [2.75, 3.05) is 5.73 Å². The third-order valence-corrected chi connectivity index (χ3v) is 5.65. The van der Waals surface area contributed by atoms with Crippen LogP contribution in [0, 0.1) is 18.8 Å². The summed E-state index contributed by atoms with van der Waals surface area (Å²) >= 11 is 0. The Morgan fingerprint density at radius 3 is 2.77 bits per heavy atom. The van der Waals surface area contributed by atoms with Crippen LogP contribution in [0.5, 0.6) is 0 Å². The van der Waals surface area contributed by atoms with Gasteiger partial charge in [-0.2, -0.15) is 15.4 Å². The number of nitrogens with zero attached hydrogens (tertiary/aromatic N) is 3. The summed E-state index contributed by atoms with van der Waals surface area (Å²) in [7, 11) is 0. The smallest absolute Gasteiger partial charge is 0.131 e. The first-order valence-electron chi connectivity index (χ1n) is 9.38.